The molecule has 0 radical (unpaired) electrons. The molecule has 0 unspecified atom stereocenters. The summed E-state index contributed by atoms with van der Waals surface area (Å²) in [7, 11) is 1.27. The van der Waals surface area contributed by atoms with E-state index in [2.05, 4.69) is 25.8 Å². The molecule has 0 atom stereocenters. The first-order valence-electron chi connectivity index (χ1n) is 7.44. The van der Waals surface area contributed by atoms with E-state index in [4.69, 9.17) is 16.2 Å². The third-order valence-electron chi connectivity index (χ3n) is 2.22. The number of amides is 2. The van der Waals surface area contributed by atoms with Gasteiger partial charge in [-0.05, 0) is 38.1 Å². The van der Waals surface area contributed by atoms with Crippen LogP contribution in [0.4, 0.5) is 9.59 Å². The molecule has 2 amide bonds. The van der Waals surface area contributed by atoms with Crippen LogP contribution in [0.3, 0.4) is 0 Å². The van der Waals surface area contributed by atoms with Crippen LogP contribution in [0.25, 0.3) is 0 Å². The highest BCUT2D eigenvalue weighted by Gasteiger charge is 2.00. The number of nitrogens with two attached hydrogens (primary N) is 2. The van der Waals surface area contributed by atoms with E-state index in [1.807, 2.05) is 6.07 Å². The summed E-state index contributed by atoms with van der Waals surface area (Å²) < 4.78 is 9.13. The van der Waals surface area contributed by atoms with Gasteiger partial charge in [-0.25, -0.2) is 20.4 Å². The lowest BCUT2D eigenvalue weighted by atomic mass is 10.3. The van der Waals surface area contributed by atoms with E-state index in [1.165, 1.54) is 19.5 Å². The molecule has 6 N–H and O–H groups in total. The maximum atomic E-state index is 11.1. The van der Waals surface area contributed by atoms with Crippen molar-refractivity contribution in [3.63, 3.8) is 0 Å². The molecule has 0 aliphatic rings. The van der Waals surface area contributed by atoms with Crippen LogP contribution in [0.5, 0.6) is 5.75 Å². The number of rotatable bonds is 7. The van der Waals surface area contributed by atoms with Crippen LogP contribution in [-0.4, -0.2) is 44.8 Å². The SMILES string of the molecule is COC(=O)N/N=C/CCN.NCC/C=N/NC(=O)Oc1ccccc1. The van der Waals surface area contributed by atoms with Crippen LogP contribution in [0.1, 0.15) is 12.8 Å². The fourth-order valence-electron chi connectivity index (χ4n) is 1.14. The van der Waals surface area contributed by atoms with Crippen molar-refractivity contribution in [3.05, 3.63) is 30.3 Å². The van der Waals surface area contributed by atoms with Gasteiger partial charge >= 0.3 is 12.2 Å². The van der Waals surface area contributed by atoms with Crippen LogP contribution >= 0.6 is 0 Å². The van der Waals surface area contributed by atoms with Crippen LogP contribution < -0.4 is 27.1 Å². The van der Waals surface area contributed by atoms with Crippen LogP contribution in [-0.2, 0) is 4.74 Å². The first kappa shape index (κ1) is 22.0. The molecule has 1 rings (SSSR count). The summed E-state index contributed by atoms with van der Waals surface area (Å²) in [4.78, 5) is 21.4. The molecule has 0 bridgehead atoms. The summed E-state index contributed by atoms with van der Waals surface area (Å²) >= 11 is 0. The zero-order valence-corrected chi connectivity index (χ0v) is 14.1. The van der Waals surface area contributed by atoms with E-state index in [0.717, 1.165) is 0 Å². The van der Waals surface area contributed by atoms with E-state index in [-0.39, 0.29) is 0 Å². The third-order valence-corrected chi connectivity index (χ3v) is 2.22. The Morgan fingerprint density at radius 3 is 2.00 bits per heavy atom. The first-order chi connectivity index (χ1) is 12.1. The highest BCUT2D eigenvalue weighted by Crippen LogP contribution is 2.07. The average molecular weight is 352 g/mol. The molecule has 10 heteroatoms. The minimum atomic E-state index is -0.616. The quantitative estimate of drug-likeness (QED) is 0.420. The van der Waals surface area contributed by atoms with Gasteiger partial charge in [-0.2, -0.15) is 10.2 Å². The molecule has 0 heterocycles. The lowest BCUT2D eigenvalue weighted by molar-refractivity contribution is 0.171. The van der Waals surface area contributed by atoms with Crippen molar-refractivity contribution in [3.8, 4) is 5.75 Å². The van der Waals surface area contributed by atoms with Gasteiger partial charge in [-0.3, -0.25) is 0 Å². The van der Waals surface area contributed by atoms with Gasteiger partial charge in [0.15, 0.2) is 0 Å². The maximum absolute atomic E-state index is 11.1. The fraction of sp³-hybridized carbons (Fsp3) is 0.333. The molecule has 25 heavy (non-hydrogen) atoms. The molecule has 0 aromatic heterocycles. The standard InChI is InChI=1S/C10H13N3O2.C5H11N3O2/c11-7-4-8-12-13-10(14)15-9-5-2-1-3-6-9;1-10-5(9)8-7-4-2-3-6/h1-3,5-6,8H,4,7,11H2,(H,13,14);4H,2-3,6H2,1H3,(H,8,9)/b12-8+;7-4+. The van der Waals surface area contributed by atoms with Gasteiger partial charge < -0.3 is 20.9 Å². The lowest BCUT2D eigenvalue weighted by Crippen LogP contribution is -2.21. The molecule has 0 aliphatic carbocycles. The Balaban J connectivity index is 0.000000504. The fourth-order valence-corrected chi connectivity index (χ4v) is 1.14. The van der Waals surface area contributed by atoms with Crippen molar-refractivity contribution in [2.24, 2.45) is 21.7 Å². The largest absolute Gasteiger partial charge is 0.452 e. The van der Waals surface area contributed by atoms with Crippen molar-refractivity contribution in [1.29, 1.82) is 0 Å². The Labute approximate surface area is 146 Å². The molecule has 0 fully saturated rings. The molecule has 0 saturated carbocycles. The molecule has 0 spiro atoms. The summed E-state index contributed by atoms with van der Waals surface area (Å²) in [5, 5.41) is 7.13. The van der Waals surface area contributed by atoms with Crippen LogP contribution in [0.2, 0.25) is 0 Å². The zero-order valence-electron chi connectivity index (χ0n) is 14.1. The summed E-state index contributed by atoms with van der Waals surface area (Å²) in [6.45, 7) is 1.02. The molecule has 0 aliphatic heterocycles. The molecule has 138 valence electrons. The predicted molar refractivity (Wildman–Crippen MR) is 95.5 cm³/mol. The van der Waals surface area contributed by atoms with Gasteiger partial charge in [-0.15, -0.1) is 0 Å². The normalized spacial score (nSPS) is 10.0. The maximum Gasteiger partial charge on any atom is 0.433 e. The zero-order chi connectivity index (χ0) is 18.8. The van der Waals surface area contributed by atoms with E-state index in [0.29, 0.717) is 31.7 Å². The number of carbonyl (C=O) groups is 2. The smallest absolute Gasteiger partial charge is 0.433 e. The topological polar surface area (TPSA) is 153 Å². The Bertz CT molecular complexity index is 536. The average Bonchev–Trinajstić information content (AvgIpc) is 2.63. The molecule has 1 aromatic carbocycles. The van der Waals surface area contributed by atoms with Gasteiger partial charge in [0, 0.05) is 12.4 Å². The number of hydrogen-bond donors (Lipinski definition) is 4. The van der Waals surface area contributed by atoms with Crippen LogP contribution in [0, 0.1) is 0 Å². The number of benzene rings is 1. The van der Waals surface area contributed by atoms with E-state index < -0.39 is 12.2 Å². The van der Waals surface area contributed by atoms with E-state index >= 15 is 0 Å². The monoisotopic (exact) mass is 352 g/mol. The second-order valence-electron chi connectivity index (χ2n) is 4.20. The number of carbonyl (C=O) groups excluding carboxylic acids is 2. The Morgan fingerprint density at radius 1 is 1.00 bits per heavy atom. The highest BCUT2D eigenvalue weighted by molar-refractivity contribution is 5.71. The lowest BCUT2D eigenvalue weighted by Gasteiger charge is -2.01. The van der Waals surface area contributed by atoms with Gasteiger partial charge in [0.1, 0.15) is 5.75 Å². The number of hydrazone groups is 2. The number of para-hydroxylation sites is 1. The van der Waals surface area contributed by atoms with Crippen molar-refractivity contribution >= 4 is 24.6 Å². The minimum Gasteiger partial charge on any atom is -0.452 e. The summed E-state index contributed by atoms with van der Waals surface area (Å²) in [5.74, 6) is 0.476. The third kappa shape index (κ3) is 14.3. The summed E-state index contributed by atoms with van der Waals surface area (Å²) in [6, 6.07) is 8.76. The van der Waals surface area contributed by atoms with Gasteiger partial charge in [0.25, 0.3) is 0 Å². The van der Waals surface area contributed by atoms with Crippen molar-refractivity contribution < 1.29 is 19.1 Å². The molecule has 1 aromatic rings. The molecule has 0 saturated heterocycles. The number of ether oxygens (including phenoxy) is 2. The van der Waals surface area contributed by atoms with Crippen molar-refractivity contribution in [1.82, 2.24) is 10.9 Å². The summed E-state index contributed by atoms with van der Waals surface area (Å²) in [6.07, 6.45) is 3.10. The number of nitrogens with one attached hydrogen (secondary N) is 2. The first-order valence-corrected chi connectivity index (χ1v) is 7.44. The predicted octanol–water partition coefficient (Wildman–Crippen LogP) is 0.787. The summed E-state index contributed by atoms with van der Waals surface area (Å²) in [5.41, 5.74) is 14.7. The van der Waals surface area contributed by atoms with E-state index in [1.54, 1.807) is 24.3 Å². The Hall–Kier alpha value is -2.98. The Kier molecular flexibility index (Phi) is 14.0. The van der Waals surface area contributed by atoms with Crippen molar-refractivity contribution in [2.75, 3.05) is 20.2 Å². The molecular formula is C15H24N6O4. The molecular weight excluding hydrogens is 328 g/mol. The highest BCUT2D eigenvalue weighted by atomic mass is 16.6. The number of hydrogen-bond acceptors (Lipinski definition) is 8. The molecule has 10 nitrogen and oxygen atoms in total. The van der Waals surface area contributed by atoms with Gasteiger partial charge in [0.05, 0.1) is 7.11 Å². The van der Waals surface area contributed by atoms with Gasteiger partial charge in [0.2, 0.25) is 0 Å². The van der Waals surface area contributed by atoms with Crippen molar-refractivity contribution in [2.45, 2.75) is 12.8 Å². The number of nitrogens with zero attached hydrogens (tertiary/aromatic N) is 2. The van der Waals surface area contributed by atoms with Gasteiger partial charge in [-0.1, -0.05) is 18.2 Å². The second kappa shape index (κ2) is 15.9. The van der Waals surface area contributed by atoms with Crippen LogP contribution in [0.15, 0.2) is 40.5 Å². The number of methoxy groups -OCH3 is 1. The van der Waals surface area contributed by atoms with E-state index in [9.17, 15) is 9.59 Å². The Morgan fingerprint density at radius 2 is 1.52 bits per heavy atom. The second-order valence-corrected chi connectivity index (χ2v) is 4.20. The minimum absolute atomic E-state index is 0.476.